The van der Waals surface area contributed by atoms with Crippen LogP contribution in [0.2, 0.25) is 5.02 Å². The van der Waals surface area contributed by atoms with Crippen molar-refractivity contribution in [3.63, 3.8) is 0 Å². The van der Waals surface area contributed by atoms with Gasteiger partial charge in [-0.2, -0.15) is 0 Å². The number of fused-ring (bicyclic) bond motifs is 1. The number of aryl methyl sites for hydroxylation is 1. The lowest BCUT2D eigenvalue weighted by Crippen LogP contribution is -2.23. The molecule has 3 rings (SSSR count). The lowest BCUT2D eigenvalue weighted by atomic mass is 10.1. The molecule has 1 heterocycles. The molecule has 5 nitrogen and oxygen atoms in total. The lowest BCUT2D eigenvalue weighted by Gasteiger charge is -2.09. The molecule has 7 heteroatoms. The number of H-pyrrole nitrogens is 1. The van der Waals surface area contributed by atoms with Gasteiger partial charge in [-0.25, -0.2) is 13.1 Å². The van der Waals surface area contributed by atoms with Gasteiger partial charge in [-0.15, -0.1) is 0 Å². The molecule has 0 unspecified atom stereocenters. The Morgan fingerprint density at radius 3 is 2.67 bits per heavy atom. The summed E-state index contributed by atoms with van der Waals surface area (Å²) in [6.45, 7) is 2.18. The highest BCUT2D eigenvalue weighted by Crippen LogP contribution is 2.27. The third kappa shape index (κ3) is 3.40. The second-order valence-electron chi connectivity index (χ2n) is 5.49. The van der Waals surface area contributed by atoms with Crippen LogP contribution in [0.5, 0.6) is 5.75 Å². The Hall–Kier alpha value is -2.02. The van der Waals surface area contributed by atoms with Crippen LogP contribution in [0.25, 0.3) is 10.9 Å². The predicted octanol–water partition coefficient (Wildman–Crippen LogP) is 3.62. The van der Waals surface area contributed by atoms with Crippen LogP contribution in [0.15, 0.2) is 47.4 Å². The maximum atomic E-state index is 12.4. The maximum absolute atomic E-state index is 12.4. The molecule has 3 aromatic rings. The third-order valence-corrected chi connectivity index (χ3v) is 5.41. The van der Waals surface area contributed by atoms with E-state index in [2.05, 4.69) is 9.71 Å². The minimum Gasteiger partial charge on any atom is -0.495 e. The van der Waals surface area contributed by atoms with E-state index >= 15 is 0 Å². The first-order valence-corrected chi connectivity index (χ1v) is 9.16. The largest absolute Gasteiger partial charge is 0.495 e. The Balaban J connectivity index is 1.79. The molecule has 1 aromatic heterocycles. The average molecular weight is 365 g/mol. The molecule has 0 amide bonds. The van der Waals surface area contributed by atoms with E-state index in [1.807, 2.05) is 31.2 Å². The number of sulfonamides is 1. The van der Waals surface area contributed by atoms with Crippen molar-refractivity contribution in [2.45, 2.75) is 18.4 Å². The first-order chi connectivity index (χ1) is 11.4. The van der Waals surface area contributed by atoms with Crippen molar-refractivity contribution in [3.8, 4) is 5.75 Å². The van der Waals surface area contributed by atoms with E-state index in [0.29, 0.717) is 5.75 Å². The number of aromatic amines is 1. The number of aromatic nitrogens is 1. The summed E-state index contributed by atoms with van der Waals surface area (Å²) in [6.07, 6.45) is 0. The highest BCUT2D eigenvalue weighted by Gasteiger charge is 2.16. The molecule has 0 aliphatic rings. The molecule has 126 valence electrons. The number of hydrogen-bond acceptors (Lipinski definition) is 3. The van der Waals surface area contributed by atoms with Gasteiger partial charge in [0.25, 0.3) is 0 Å². The molecule has 0 radical (unpaired) electrons. The molecule has 24 heavy (non-hydrogen) atoms. The van der Waals surface area contributed by atoms with Crippen LogP contribution in [0.4, 0.5) is 0 Å². The van der Waals surface area contributed by atoms with E-state index in [0.717, 1.165) is 22.2 Å². The highest BCUT2D eigenvalue weighted by molar-refractivity contribution is 7.89. The van der Waals surface area contributed by atoms with Crippen LogP contribution in [-0.2, 0) is 16.6 Å². The summed E-state index contributed by atoms with van der Waals surface area (Å²) in [5, 5.41) is 1.31. The Bertz CT molecular complexity index is 996. The van der Waals surface area contributed by atoms with Crippen LogP contribution in [-0.4, -0.2) is 20.5 Å². The summed E-state index contributed by atoms with van der Waals surface area (Å²) in [4.78, 5) is 3.34. The molecule has 2 aromatic carbocycles. The van der Waals surface area contributed by atoms with Crippen LogP contribution in [0.3, 0.4) is 0 Å². The summed E-state index contributed by atoms with van der Waals surface area (Å²) in [7, 11) is -2.17. The van der Waals surface area contributed by atoms with E-state index < -0.39 is 10.0 Å². The van der Waals surface area contributed by atoms with Crippen molar-refractivity contribution in [1.29, 1.82) is 0 Å². The van der Waals surface area contributed by atoms with Crippen molar-refractivity contribution in [1.82, 2.24) is 9.71 Å². The number of methoxy groups -OCH3 is 1. The first kappa shape index (κ1) is 16.8. The first-order valence-electron chi connectivity index (χ1n) is 7.30. The van der Waals surface area contributed by atoms with Crippen molar-refractivity contribution >= 4 is 32.5 Å². The number of ether oxygens (including phenoxy) is 1. The maximum Gasteiger partial charge on any atom is 0.240 e. The zero-order chi connectivity index (χ0) is 17.3. The van der Waals surface area contributed by atoms with Crippen molar-refractivity contribution in [3.05, 3.63) is 58.7 Å². The van der Waals surface area contributed by atoms with E-state index in [-0.39, 0.29) is 16.5 Å². The zero-order valence-electron chi connectivity index (χ0n) is 13.3. The Morgan fingerprint density at radius 2 is 1.96 bits per heavy atom. The summed E-state index contributed by atoms with van der Waals surface area (Å²) in [5.74, 6) is 0.434. The topological polar surface area (TPSA) is 71.2 Å². The number of hydrogen-bond donors (Lipinski definition) is 2. The quantitative estimate of drug-likeness (QED) is 0.726. The van der Waals surface area contributed by atoms with Crippen molar-refractivity contribution in [2.24, 2.45) is 0 Å². The summed E-state index contributed by atoms with van der Waals surface area (Å²) in [5.41, 5.74) is 2.97. The molecule has 0 spiro atoms. The molecular formula is C17H17ClN2O3S. The zero-order valence-corrected chi connectivity index (χ0v) is 14.8. The number of rotatable bonds is 5. The van der Waals surface area contributed by atoms with Gasteiger partial charge >= 0.3 is 0 Å². The van der Waals surface area contributed by atoms with Crippen LogP contribution < -0.4 is 9.46 Å². The fourth-order valence-corrected chi connectivity index (χ4v) is 3.88. The van der Waals surface area contributed by atoms with E-state index in [4.69, 9.17) is 16.3 Å². The number of nitrogens with one attached hydrogen (secondary N) is 2. The highest BCUT2D eigenvalue weighted by atomic mass is 35.5. The van der Waals surface area contributed by atoms with Crippen LogP contribution in [0, 0.1) is 6.92 Å². The smallest absolute Gasteiger partial charge is 0.240 e. The van der Waals surface area contributed by atoms with Gasteiger partial charge in [0.05, 0.1) is 17.0 Å². The molecule has 0 fully saturated rings. The van der Waals surface area contributed by atoms with Gasteiger partial charge in [0, 0.05) is 17.8 Å². The number of benzene rings is 2. The van der Waals surface area contributed by atoms with Gasteiger partial charge in [-0.05, 0) is 54.3 Å². The van der Waals surface area contributed by atoms with Gasteiger partial charge in [0.2, 0.25) is 10.0 Å². The van der Waals surface area contributed by atoms with Crippen molar-refractivity contribution < 1.29 is 13.2 Å². The molecule has 0 bridgehead atoms. The SMILES string of the molecule is COc1ccc(S(=O)(=O)NCc2ccc3[nH]c(C)cc3c2)cc1Cl. The summed E-state index contributed by atoms with van der Waals surface area (Å²) >= 11 is 6.00. The molecule has 0 atom stereocenters. The average Bonchev–Trinajstić information content (AvgIpc) is 2.92. The fraction of sp³-hybridized carbons (Fsp3) is 0.176. The third-order valence-electron chi connectivity index (χ3n) is 3.72. The van der Waals surface area contributed by atoms with E-state index in [1.165, 1.54) is 25.3 Å². The van der Waals surface area contributed by atoms with Gasteiger partial charge in [0.1, 0.15) is 5.75 Å². The number of halogens is 1. The monoisotopic (exact) mass is 364 g/mol. The van der Waals surface area contributed by atoms with E-state index in [1.54, 1.807) is 0 Å². The normalized spacial score (nSPS) is 11.8. The minimum absolute atomic E-state index is 0.104. The fourth-order valence-electron chi connectivity index (χ4n) is 2.51. The Kier molecular flexibility index (Phi) is 4.54. The molecule has 0 aliphatic carbocycles. The van der Waals surface area contributed by atoms with E-state index in [9.17, 15) is 8.42 Å². The molecule has 0 saturated carbocycles. The molecule has 0 saturated heterocycles. The standard InChI is InChI=1S/C17H17ClN2O3S/c1-11-7-13-8-12(3-5-16(13)20-11)10-19-24(21,22)14-4-6-17(23-2)15(18)9-14/h3-9,19-20H,10H2,1-2H3. The summed E-state index contributed by atoms with van der Waals surface area (Å²) < 4.78 is 32.4. The predicted molar refractivity (Wildman–Crippen MR) is 95.1 cm³/mol. The Morgan fingerprint density at radius 1 is 1.17 bits per heavy atom. The van der Waals surface area contributed by atoms with Crippen LogP contribution in [0.1, 0.15) is 11.3 Å². The van der Waals surface area contributed by atoms with Gasteiger partial charge < -0.3 is 9.72 Å². The molecule has 0 aliphatic heterocycles. The lowest BCUT2D eigenvalue weighted by molar-refractivity contribution is 0.414. The minimum atomic E-state index is -3.65. The second-order valence-corrected chi connectivity index (χ2v) is 7.67. The van der Waals surface area contributed by atoms with Gasteiger partial charge in [-0.1, -0.05) is 17.7 Å². The molecular weight excluding hydrogens is 348 g/mol. The van der Waals surface area contributed by atoms with Crippen molar-refractivity contribution in [2.75, 3.05) is 7.11 Å². The van der Waals surface area contributed by atoms with Gasteiger partial charge in [-0.3, -0.25) is 0 Å². The summed E-state index contributed by atoms with van der Waals surface area (Å²) in [6, 6.07) is 12.2. The molecule has 2 N–H and O–H groups in total. The Labute approximate surface area is 145 Å². The second kappa shape index (κ2) is 6.47. The van der Waals surface area contributed by atoms with Gasteiger partial charge in [0.15, 0.2) is 0 Å². The van der Waals surface area contributed by atoms with Crippen LogP contribution >= 0.6 is 11.6 Å².